The van der Waals surface area contributed by atoms with Gasteiger partial charge in [-0.1, -0.05) is 25.5 Å². The van der Waals surface area contributed by atoms with Crippen LogP contribution in [0.2, 0.25) is 0 Å². The van der Waals surface area contributed by atoms with Crippen molar-refractivity contribution in [2.45, 2.75) is 76.3 Å². The van der Waals surface area contributed by atoms with Crippen molar-refractivity contribution in [3.63, 3.8) is 0 Å². The number of aromatic nitrogens is 4. The van der Waals surface area contributed by atoms with Crippen molar-refractivity contribution in [3.8, 4) is 0 Å². The van der Waals surface area contributed by atoms with Crippen molar-refractivity contribution < 1.29 is 8.42 Å². The van der Waals surface area contributed by atoms with Gasteiger partial charge in [-0.15, -0.1) is 0 Å². The fourth-order valence-electron chi connectivity index (χ4n) is 4.60. The molecular weight excluding hydrogens is 464 g/mol. The first kappa shape index (κ1) is 25.3. The Balaban J connectivity index is 1.61. The van der Waals surface area contributed by atoms with Gasteiger partial charge in [0.25, 0.3) is 0 Å². The summed E-state index contributed by atoms with van der Waals surface area (Å²) in [4.78, 5) is 14.0. The molecule has 1 atom stereocenters. The normalized spacial score (nSPS) is 19.5. The van der Waals surface area contributed by atoms with E-state index < -0.39 is 15.3 Å². The molecule has 0 bridgehead atoms. The van der Waals surface area contributed by atoms with Crippen molar-refractivity contribution >= 4 is 38.6 Å². The van der Waals surface area contributed by atoms with Gasteiger partial charge in [0.05, 0.1) is 6.33 Å². The van der Waals surface area contributed by atoms with Crippen LogP contribution in [0.4, 0.5) is 17.5 Å². The van der Waals surface area contributed by atoms with Gasteiger partial charge in [-0.2, -0.15) is 9.97 Å². The third-order valence-corrected chi connectivity index (χ3v) is 8.49. The predicted molar refractivity (Wildman–Crippen MR) is 140 cm³/mol. The van der Waals surface area contributed by atoms with E-state index in [0.717, 1.165) is 55.5 Å². The molecule has 0 spiro atoms. The minimum absolute atomic E-state index is 0.276. The zero-order chi connectivity index (χ0) is 25.0. The number of sulfonamides is 1. The molecule has 10 nitrogen and oxygen atoms in total. The SMILES string of the molecule is CCCC(c1ccc(Nc2nc(NC3CCC(N)CC3)nc3c2ncn3CC)cc1)S(=O)(=O)NC. The van der Waals surface area contributed by atoms with Gasteiger partial charge in [0.15, 0.2) is 17.0 Å². The minimum atomic E-state index is -3.42. The number of rotatable bonds is 10. The Labute approximate surface area is 207 Å². The van der Waals surface area contributed by atoms with Crippen molar-refractivity contribution in [2.24, 2.45) is 5.73 Å². The van der Waals surface area contributed by atoms with Gasteiger partial charge in [0.1, 0.15) is 5.25 Å². The van der Waals surface area contributed by atoms with Crippen LogP contribution in [0.3, 0.4) is 0 Å². The topological polar surface area (TPSA) is 140 Å². The van der Waals surface area contributed by atoms with Crippen molar-refractivity contribution in [2.75, 3.05) is 17.7 Å². The van der Waals surface area contributed by atoms with Gasteiger partial charge in [-0.3, -0.25) is 0 Å². The Morgan fingerprint density at radius 3 is 2.46 bits per heavy atom. The largest absolute Gasteiger partial charge is 0.351 e. The van der Waals surface area contributed by atoms with E-state index in [-0.39, 0.29) is 6.04 Å². The lowest BCUT2D eigenvalue weighted by atomic mass is 9.92. The number of nitrogens with one attached hydrogen (secondary N) is 3. The molecule has 0 saturated heterocycles. The van der Waals surface area contributed by atoms with Gasteiger partial charge in [0, 0.05) is 24.3 Å². The molecule has 0 amide bonds. The monoisotopic (exact) mass is 500 g/mol. The van der Waals surface area contributed by atoms with E-state index in [1.165, 1.54) is 7.05 Å². The van der Waals surface area contributed by atoms with E-state index >= 15 is 0 Å². The smallest absolute Gasteiger partial charge is 0.227 e. The quantitative estimate of drug-likeness (QED) is 0.331. The second kappa shape index (κ2) is 10.9. The zero-order valence-corrected chi connectivity index (χ0v) is 21.5. The number of nitrogens with two attached hydrogens (primary N) is 1. The van der Waals surface area contributed by atoms with Gasteiger partial charge in [-0.05, 0) is 63.8 Å². The van der Waals surface area contributed by atoms with E-state index in [1.807, 2.05) is 35.8 Å². The standard InChI is InChI=1S/C24H36N8O2S/c1-4-6-20(35(33,34)26-3)16-7-11-18(12-8-16)28-22-21-23(32(5-2)15-27-21)31-24(30-22)29-19-13-9-17(25)10-14-19/h7-8,11-12,15,17,19-20,26H,4-6,9-10,13-14,25H2,1-3H3,(H2,28,29,30,31). The first-order chi connectivity index (χ1) is 16.8. The van der Waals surface area contributed by atoms with Crippen molar-refractivity contribution in [3.05, 3.63) is 36.2 Å². The number of imidazole rings is 1. The molecule has 1 aliphatic carbocycles. The van der Waals surface area contributed by atoms with Crippen LogP contribution >= 0.6 is 0 Å². The summed E-state index contributed by atoms with van der Waals surface area (Å²) >= 11 is 0. The molecule has 0 radical (unpaired) electrons. The van der Waals surface area contributed by atoms with Crippen LogP contribution < -0.4 is 21.1 Å². The zero-order valence-electron chi connectivity index (χ0n) is 20.7. The fourth-order valence-corrected chi connectivity index (χ4v) is 5.94. The summed E-state index contributed by atoms with van der Waals surface area (Å²) in [5, 5.41) is 6.27. The third-order valence-electron chi connectivity index (χ3n) is 6.66. The van der Waals surface area contributed by atoms with E-state index in [4.69, 9.17) is 15.7 Å². The van der Waals surface area contributed by atoms with Crippen LogP contribution in [0, 0.1) is 0 Å². The number of anilines is 3. The molecule has 35 heavy (non-hydrogen) atoms. The Morgan fingerprint density at radius 2 is 1.83 bits per heavy atom. The Kier molecular flexibility index (Phi) is 7.88. The second-order valence-electron chi connectivity index (χ2n) is 9.13. The number of nitrogens with zero attached hydrogens (tertiary/aromatic N) is 4. The highest BCUT2D eigenvalue weighted by atomic mass is 32.2. The van der Waals surface area contributed by atoms with E-state index in [2.05, 4.69) is 27.3 Å². The maximum Gasteiger partial charge on any atom is 0.227 e. The summed E-state index contributed by atoms with van der Waals surface area (Å²) in [7, 11) is -1.96. The summed E-state index contributed by atoms with van der Waals surface area (Å²) in [6.07, 6.45) is 7.07. The molecule has 5 N–H and O–H groups in total. The first-order valence-electron chi connectivity index (χ1n) is 12.4. The van der Waals surface area contributed by atoms with Crippen LogP contribution in [-0.2, 0) is 16.6 Å². The molecule has 1 fully saturated rings. The van der Waals surface area contributed by atoms with Crippen molar-refractivity contribution in [1.82, 2.24) is 24.2 Å². The van der Waals surface area contributed by atoms with Crippen LogP contribution in [0.25, 0.3) is 11.2 Å². The highest BCUT2D eigenvalue weighted by Gasteiger charge is 2.25. The summed E-state index contributed by atoms with van der Waals surface area (Å²) in [6.45, 7) is 4.78. The molecule has 1 unspecified atom stereocenters. The lowest BCUT2D eigenvalue weighted by molar-refractivity contribution is 0.410. The van der Waals surface area contributed by atoms with Gasteiger partial charge >= 0.3 is 0 Å². The number of hydrogen-bond acceptors (Lipinski definition) is 8. The van der Waals surface area contributed by atoms with Crippen LogP contribution in [-0.4, -0.2) is 47.1 Å². The lowest BCUT2D eigenvalue weighted by Gasteiger charge is -2.26. The van der Waals surface area contributed by atoms with Crippen LogP contribution in [0.5, 0.6) is 0 Å². The van der Waals surface area contributed by atoms with Crippen molar-refractivity contribution in [1.29, 1.82) is 0 Å². The maximum atomic E-state index is 12.5. The van der Waals surface area contributed by atoms with E-state index in [9.17, 15) is 8.42 Å². The molecule has 1 saturated carbocycles. The summed E-state index contributed by atoms with van der Waals surface area (Å²) in [5.74, 6) is 1.17. The molecule has 2 heterocycles. The number of fused-ring (bicyclic) bond motifs is 1. The molecule has 11 heteroatoms. The van der Waals surface area contributed by atoms with Gasteiger partial charge < -0.3 is 20.9 Å². The predicted octanol–water partition coefficient (Wildman–Crippen LogP) is 3.66. The van der Waals surface area contributed by atoms with Gasteiger partial charge in [-0.25, -0.2) is 18.1 Å². The second-order valence-corrected chi connectivity index (χ2v) is 11.2. The lowest BCUT2D eigenvalue weighted by Crippen LogP contribution is -2.33. The maximum absolute atomic E-state index is 12.5. The highest BCUT2D eigenvalue weighted by Crippen LogP contribution is 2.30. The number of hydrogen-bond donors (Lipinski definition) is 4. The molecule has 3 aromatic rings. The molecule has 0 aliphatic heterocycles. The Hall–Kier alpha value is -2.76. The third kappa shape index (κ3) is 5.74. The van der Waals surface area contributed by atoms with E-state index in [0.29, 0.717) is 29.7 Å². The number of aryl methyl sites for hydroxylation is 1. The van der Waals surface area contributed by atoms with Crippen LogP contribution in [0.1, 0.15) is 63.2 Å². The van der Waals surface area contributed by atoms with Gasteiger partial charge in [0.2, 0.25) is 16.0 Å². The molecule has 2 aromatic heterocycles. The Morgan fingerprint density at radius 1 is 1.11 bits per heavy atom. The molecule has 190 valence electrons. The Bertz CT molecular complexity index is 1230. The molecule has 1 aliphatic rings. The summed E-state index contributed by atoms with van der Waals surface area (Å²) < 4.78 is 29.4. The molecule has 4 rings (SSSR count). The average molecular weight is 501 g/mol. The fraction of sp³-hybridized carbons (Fsp3) is 0.542. The average Bonchev–Trinajstić information content (AvgIpc) is 3.28. The van der Waals surface area contributed by atoms with E-state index in [1.54, 1.807) is 6.33 Å². The summed E-state index contributed by atoms with van der Waals surface area (Å²) in [5.41, 5.74) is 9.07. The van der Waals surface area contributed by atoms with Crippen LogP contribution in [0.15, 0.2) is 30.6 Å². The number of benzene rings is 1. The highest BCUT2D eigenvalue weighted by molar-refractivity contribution is 7.89. The molecule has 1 aromatic carbocycles. The first-order valence-corrected chi connectivity index (χ1v) is 13.9. The minimum Gasteiger partial charge on any atom is -0.351 e. The molecular formula is C24H36N8O2S. The summed E-state index contributed by atoms with van der Waals surface area (Å²) in [6, 6.07) is 8.03.